The van der Waals surface area contributed by atoms with Gasteiger partial charge in [0.15, 0.2) is 5.78 Å². The third-order valence-electron chi connectivity index (χ3n) is 4.77. The molecule has 1 fully saturated rings. The van der Waals surface area contributed by atoms with Crippen molar-refractivity contribution in [3.63, 3.8) is 0 Å². The van der Waals surface area contributed by atoms with Gasteiger partial charge in [-0.2, -0.15) is 0 Å². The van der Waals surface area contributed by atoms with Crippen LogP contribution in [0.1, 0.15) is 45.1 Å². The molecule has 0 atom stereocenters. The number of ketones is 1. The van der Waals surface area contributed by atoms with Crippen LogP contribution >= 0.6 is 15.9 Å². The van der Waals surface area contributed by atoms with Gasteiger partial charge in [-0.05, 0) is 56.5 Å². The van der Waals surface area contributed by atoms with Gasteiger partial charge in [-0.25, -0.2) is 4.39 Å². The molecule has 0 N–H and O–H groups in total. The van der Waals surface area contributed by atoms with Crippen LogP contribution in [0.15, 0.2) is 22.7 Å². The van der Waals surface area contributed by atoms with E-state index < -0.39 is 0 Å². The normalized spacial score (nSPS) is 16.4. The summed E-state index contributed by atoms with van der Waals surface area (Å²) >= 11 is 3.36. The average Bonchev–Trinajstić information content (AvgIpc) is 2.99. The van der Waals surface area contributed by atoms with Crippen molar-refractivity contribution in [2.24, 2.45) is 0 Å². The van der Waals surface area contributed by atoms with Gasteiger partial charge in [0.2, 0.25) is 0 Å². The van der Waals surface area contributed by atoms with E-state index in [1.807, 2.05) is 0 Å². The standard InChI is InChI=1S/C17H23BrFNO/c1-3-17(4-2,20-9-5-6-10-20)16(21)11-13-7-8-14(19)12-15(13)18/h7-8,12H,3-6,9-11H2,1-2H3. The number of Topliss-reactive ketones (excluding diaryl/α,β-unsaturated/α-hetero) is 1. The summed E-state index contributed by atoms with van der Waals surface area (Å²) in [5.41, 5.74) is 0.511. The van der Waals surface area contributed by atoms with Crippen molar-refractivity contribution in [2.45, 2.75) is 51.5 Å². The summed E-state index contributed by atoms with van der Waals surface area (Å²) in [5, 5.41) is 0. The number of carbonyl (C=O) groups is 1. The van der Waals surface area contributed by atoms with E-state index in [-0.39, 0.29) is 17.1 Å². The van der Waals surface area contributed by atoms with Crippen LogP contribution in [0.3, 0.4) is 0 Å². The molecule has 116 valence electrons. The van der Waals surface area contributed by atoms with E-state index in [1.165, 1.54) is 25.0 Å². The first-order valence-corrected chi connectivity index (χ1v) is 8.55. The molecule has 1 aromatic carbocycles. The molecule has 0 amide bonds. The number of hydrogen-bond donors (Lipinski definition) is 0. The van der Waals surface area contributed by atoms with Crippen LogP contribution in [0.4, 0.5) is 4.39 Å². The topological polar surface area (TPSA) is 20.3 Å². The minimum atomic E-state index is -0.357. The van der Waals surface area contributed by atoms with E-state index >= 15 is 0 Å². The summed E-state index contributed by atoms with van der Waals surface area (Å²) < 4.78 is 13.9. The fourth-order valence-electron chi connectivity index (χ4n) is 3.42. The molecule has 0 spiro atoms. The molecule has 1 aliphatic heterocycles. The van der Waals surface area contributed by atoms with Crippen LogP contribution in [0.5, 0.6) is 0 Å². The summed E-state index contributed by atoms with van der Waals surface area (Å²) in [6.07, 6.45) is 4.38. The van der Waals surface area contributed by atoms with Crippen molar-refractivity contribution in [1.82, 2.24) is 4.90 Å². The summed E-state index contributed by atoms with van der Waals surface area (Å²) in [4.78, 5) is 15.3. The lowest BCUT2D eigenvalue weighted by molar-refractivity contribution is -0.130. The van der Waals surface area contributed by atoms with Gasteiger partial charge in [0.25, 0.3) is 0 Å². The van der Waals surface area contributed by atoms with E-state index in [0.717, 1.165) is 31.5 Å². The van der Waals surface area contributed by atoms with Crippen LogP contribution in [-0.4, -0.2) is 29.3 Å². The largest absolute Gasteiger partial charge is 0.297 e. The predicted octanol–water partition coefficient (Wildman–Crippen LogP) is 4.35. The molecule has 4 heteroatoms. The van der Waals surface area contributed by atoms with Crippen molar-refractivity contribution in [3.05, 3.63) is 34.1 Å². The molecule has 0 aliphatic carbocycles. The van der Waals surface area contributed by atoms with Crippen LogP contribution in [0.25, 0.3) is 0 Å². The maximum atomic E-state index is 13.2. The summed E-state index contributed by atoms with van der Waals surface area (Å²) in [7, 11) is 0. The Bertz CT molecular complexity index is 508. The van der Waals surface area contributed by atoms with Gasteiger partial charge in [-0.1, -0.05) is 35.8 Å². The molecule has 2 rings (SSSR count). The Balaban J connectivity index is 2.22. The molecule has 0 aromatic heterocycles. The van der Waals surface area contributed by atoms with Crippen molar-refractivity contribution < 1.29 is 9.18 Å². The van der Waals surface area contributed by atoms with Crippen molar-refractivity contribution in [1.29, 1.82) is 0 Å². The van der Waals surface area contributed by atoms with Gasteiger partial charge >= 0.3 is 0 Å². The zero-order valence-corrected chi connectivity index (χ0v) is 14.4. The fraction of sp³-hybridized carbons (Fsp3) is 0.588. The molecule has 21 heavy (non-hydrogen) atoms. The maximum Gasteiger partial charge on any atom is 0.157 e. The Morgan fingerprint density at radius 3 is 2.43 bits per heavy atom. The van der Waals surface area contributed by atoms with Crippen molar-refractivity contribution >= 4 is 21.7 Å². The molecule has 1 saturated heterocycles. The summed E-state index contributed by atoms with van der Waals surface area (Å²) in [5.74, 6) is -0.0310. The van der Waals surface area contributed by atoms with Crippen LogP contribution in [-0.2, 0) is 11.2 Å². The van der Waals surface area contributed by atoms with Crippen molar-refractivity contribution in [3.8, 4) is 0 Å². The summed E-state index contributed by atoms with van der Waals surface area (Å²) in [6, 6.07) is 4.55. The van der Waals surface area contributed by atoms with Crippen LogP contribution in [0, 0.1) is 5.82 Å². The first kappa shape index (κ1) is 16.6. The summed E-state index contributed by atoms with van der Waals surface area (Å²) in [6.45, 7) is 6.22. The quantitative estimate of drug-likeness (QED) is 0.755. The van der Waals surface area contributed by atoms with Gasteiger partial charge in [-0.3, -0.25) is 9.69 Å². The zero-order chi connectivity index (χ0) is 15.5. The molecule has 0 saturated carbocycles. The molecule has 0 unspecified atom stereocenters. The Kier molecular flexibility index (Phi) is 5.55. The third kappa shape index (κ3) is 3.37. The Morgan fingerprint density at radius 1 is 1.29 bits per heavy atom. The molecule has 1 aromatic rings. The van der Waals surface area contributed by atoms with Gasteiger partial charge < -0.3 is 0 Å². The second kappa shape index (κ2) is 7.01. The third-order valence-corrected chi connectivity index (χ3v) is 5.50. The van der Waals surface area contributed by atoms with E-state index in [9.17, 15) is 9.18 Å². The van der Waals surface area contributed by atoms with Gasteiger partial charge in [0, 0.05) is 10.9 Å². The van der Waals surface area contributed by atoms with Gasteiger partial charge in [-0.15, -0.1) is 0 Å². The number of nitrogens with zero attached hydrogens (tertiary/aromatic N) is 1. The zero-order valence-electron chi connectivity index (χ0n) is 12.8. The molecular formula is C17H23BrFNO. The van der Waals surface area contributed by atoms with E-state index in [1.54, 1.807) is 6.07 Å². The van der Waals surface area contributed by atoms with E-state index in [2.05, 4.69) is 34.7 Å². The second-order valence-corrected chi connectivity index (χ2v) is 6.62. The Labute approximate surface area is 134 Å². The minimum Gasteiger partial charge on any atom is -0.297 e. The number of rotatable bonds is 6. The minimum absolute atomic E-state index is 0.252. The lowest BCUT2D eigenvalue weighted by Crippen LogP contribution is -2.53. The monoisotopic (exact) mass is 355 g/mol. The lowest BCUT2D eigenvalue weighted by atomic mass is 9.83. The smallest absolute Gasteiger partial charge is 0.157 e. The lowest BCUT2D eigenvalue weighted by Gasteiger charge is -2.39. The first-order chi connectivity index (χ1) is 10.0. The predicted molar refractivity (Wildman–Crippen MR) is 86.9 cm³/mol. The molecule has 2 nitrogen and oxygen atoms in total. The molecule has 1 aliphatic rings. The Morgan fingerprint density at radius 2 is 1.90 bits per heavy atom. The molecule has 0 bridgehead atoms. The highest BCUT2D eigenvalue weighted by atomic mass is 79.9. The number of likely N-dealkylation sites (tertiary alicyclic amines) is 1. The maximum absolute atomic E-state index is 13.2. The van der Waals surface area contributed by atoms with Gasteiger partial charge in [0.05, 0.1) is 5.54 Å². The van der Waals surface area contributed by atoms with E-state index in [4.69, 9.17) is 0 Å². The first-order valence-electron chi connectivity index (χ1n) is 7.75. The highest BCUT2D eigenvalue weighted by molar-refractivity contribution is 9.10. The highest BCUT2D eigenvalue weighted by Crippen LogP contribution is 2.31. The molecule has 1 heterocycles. The number of carbonyl (C=O) groups excluding carboxylic acids is 1. The second-order valence-electron chi connectivity index (χ2n) is 5.77. The van der Waals surface area contributed by atoms with Crippen molar-refractivity contribution in [2.75, 3.05) is 13.1 Å². The number of hydrogen-bond acceptors (Lipinski definition) is 2. The molecular weight excluding hydrogens is 333 g/mol. The number of halogens is 2. The van der Waals surface area contributed by atoms with Crippen LogP contribution < -0.4 is 0 Å². The van der Waals surface area contributed by atoms with E-state index in [0.29, 0.717) is 10.9 Å². The fourth-order valence-corrected chi connectivity index (χ4v) is 3.91. The highest BCUT2D eigenvalue weighted by Gasteiger charge is 2.41. The SMILES string of the molecule is CCC(CC)(C(=O)Cc1ccc(F)cc1Br)N1CCCC1. The van der Waals surface area contributed by atoms with Crippen LogP contribution in [0.2, 0.25) is 0 Å². The average molecular weight is 356 g/mol. The number of benzene rings is 1. The Hall–Kier alpha value is -0.740. The molecule has 0 radical (unpaired) electrons. The van der Waals surface area contributed by atoms with Gasteiger partial charge in [0.1, 0.15) is 5.82 Å².